The highest BCUT2D eigenvalue weighted by molar-refractivity contribution is 7.90. The first-order valence-corrected chi connectivity index (χ1v) is 8.82. The van der Waals surface area contributed by atoms with E-state index in [-0.39, 0.29) is 10.7 Å². The number of benzene rings is 1. The van der Waals surface area contributed by atoms with Gasteiger partial charge in [-0.25, -0.2) is 0 Å². The van der Waals surface area contributed by atoms with Gasteiger partial charge in [-0.2, -0.15) is 12.8 Å². The Morgan fingerprint density at radius 2 is 1.52 bits per heavy atom. The molecule has 0 N–H and O–H groups in total. The molecule has 0 fully saturated rings. The molecular formula is C18H17NO3S. The minimum atomic E-state index is -3.78. The van der Waals surface area contributed by atoms with Gasteiger partial charge >= 0.3 is 0 Å². The van der Waals surface area contributed by atoms with Crippen molar-refractivity contribution in [1.29, 1.82) is 0 Å². The van der Waals surface area contributed by atoms with Gasteiger partial charge in [0.25, 0.3) is 10.0 Å². The van der Waals surface area contributed by atoms with Gasteiger partial charge < -0.3 is 0 Å². The monoisotopic (exact) mass is 327 g/mol. The molecule has 3 rings (SSSR count). The Balaban J connectivity index is 2.06. The molecule has 0 unspecified atom stereocenters. The number of rotatable bonds is 2. The van der Waals surface area contributed by atoms with E-state index in [1.165, 1.54) is 24.3 Å². The summed E-state index contributed by atoms with van der Waals surface area (Å²) in [6, 6.07) is 8.11. The molecule has 2 aliphatic rings. The second-order valence-electron chi connectivity index (χ2n) is 5.83. The lowest BCUT2D eigenvalue weighted by Crippen LogP contribution is -2.20. The maximum Gasteiger partial charge on any atom is 0.282 e. The van der Waals surface area contributed by atoms with Crippen molar-refractivity contribution in [3.8, 4) is 0 Å². The number of carbonyl (C=O) groups excluding carboxylic acids is 1. The highest BCUT2D eigenvalue weighted by Gasteiger charge is 2.27. The Hall–Kier alpha value is -2.27. The summed E-state index contributed by atoms with van der Waals surface area (Å²) in [6.45, 7) is 4.01. The summed E-state index contributed by atoms with van der Waals surface area (Å²) in [4.78, 5) is 12.2. The quantitative estimate of drug-likeness (QED) is 0.618. The fraction of sp³-hybridized carbons (Fsp3) is 0.222. The van der Waals surface area contributed by atoms with Crippen LogP contribution in [0.15, 0.2) is 74.1 Å². The Morgan fingerprint density at radius 3 is 2.17 bits per heavy atom. The van der Waals surface area contributed by atoms with Crippen LogP contribution in [0.1, 0.15) is 26.7 Å². The van der Waals surface area contributed by atoms with Gasteiger partial charge in [-0.15, -0.1) is 0 Å². The summed E-state index contributed by atoms with van der Waals surface area (Å²) >= 11 is 0. The molecule has 0 atom stereocenters. The number of ketones is 1. The summed E-state index contributed by atoms with van der Waals surface area (Å²) in [7, 11) is -3.78. The zero-order chi connectivity index (χ0) is 16.6. The van der Waals surface area contributed by atoms with Crippen LogP contribution in [0.25, 0.3) is 0 Å². The normalized spacial score (nSPS) is 20.3. The number of allylic oxidation sites excluding steroid dienone is 6. The van der Waals surface area contributed by atoms with Crippen molar-refractivity contribution in [2.24, 2.45) is 4.40 Å². The molecule has 118 valence electrons. The van der Waals surface area contributed by atoms with Gasteiger partial charge in [-0.05, 0) is 56.5 Å². The molecule has 0 amide bonds. The molecule has 0 saturated carbocycles. The lowest BCUT2D eigenvalue weighted by Gasteiger charge is -2.24. The fourth-order valence-corrected chi connectivity index (χ4v) is 3.78. The van der Waals surface area contributed by atoms with Crippen LogP contribution in [-0.2, 0) is 14.8 Å². The van der Waals surface area contributed by atoms with Crippen molar-refractivity contribution in [2.45, 2.75) is 31.6 Å². The topological polar surface area (TPSA) is 63.6 Å². The van der Waals surface area contributed by atoms with Crippen LogP contribution in [0, 0.1) is 0 Å². The van der Waals surface area contributed by atoms with Crippen LogP contribution in [0.2, 0.25) is 0 Å². The van der Waals surface area contributed by atoms with Crippen molar-refractivity contribution in [2.75, 3.05) is 0 Å². The van der Waals surface area contributed by atoms with Crippen molar-refractivity contribution >= 4 is 21.5 Å². The predicted molar refractivity (Wildman–Crippen MR) is 89.8 cm³/mol. The van der Waals surface area contributed by atoms with Crippen LogP contribution in [0.3, 0.4) is 0 Å². The number of sulfonamides is 1. The second kappa shape index (κ2) is 5.74. The van der Waals surface area contributed by atoms with E-state index in [1.807, 2.05) is 13.8 Å². The molecule has 4 nitrogen and oxygen atoms in total. The minimum Gasteiger partial charge on any atom is -0.290 e. The maximum absolute atomic E-state index is 12.5. The second-order valence-corrected chi connectivity index (χ2v) is 7.44. The summed E-state index contributed by atoms with van der Waals surface area (Å²) in [6.07, 6.45) is 4.05. The third kappa shape index (κ3) is 2.97. The van der Waals surface area contributed by atoms with Crippen LogP contribution < -0.4 is 0 Å². The Morgan fingerprint density at radius 1 is 0.913 bits per heavy atom. The third-order valence-electron chi connectivity index (χ3n) is 4.24. The molecule has 0 aromatic heterocycles. The van der Waals surface area contributed by atoms with Gasteiger partial charge in [0, 0.05) is 5.57 Å². The zero-order valence-corrected chi connectivity index (χ0v) is 13.9. The molecule has 23 heavy (non-hydrogen) atoms. The number of hydrogen-bond donors (Lipinski definition) is 0. The molecule has 0 aliphatic heterocycles. The highest BCUT2D eigenvalue weighted by atomic mass is 32.2. The van der Waals surface area contributed by atoms with E-state index < -0.39 is 10.0 Å². The largest absolute Gasteiger partial charge is 0.290 e. The molecule has 0 saturated heterocycles. The predicted octanol–water partition coefficient (Wildman–Crippen LogP) is 3.38. The van der Waals surface area contributed by atoms with Gasteiger partial charge in [0.2, 0.25) is 0 Å². The van der Waals surface area contributed by atoms with E-state index in [9.17, 15) is 13.2 Å². The van der Waals surface area contributed by atoms with E-state index >= 15 is 0 Å². The summed E-state index contributed by atoms with van der Waals surface area (Å²) < 4.78 is 28.9. The lowest BCUT2D eigenvalue weighted by atomic mass is 9.81. The van der Waals surface area contributed by atoms with E-state index in [0.29, 0.717) is 24.1 Å². The summed E-state index contributed by atoms with van der Waals surface area (Å²) in [5.74, 6) is -0.0529. The van der Waals surface area contributed by atoms with Crippen LogP contribution in [-0.4, -0.2) is 19.9 Å². The Kier molecular flexibility index (Phi) is 3.90. The maximum atomic E-state index is 12.5. The van der Waals surface area contributed by atoms with E-state index in [2.05, 4.69) is 4.40 Å². The van der Waals surface area contributed by atoms with Crippen molar-refractivity contribution in [1.82, 2.24) is 0 Å². The Bertz CT molecular complexity index is 901. The van der Waals surface area contributed by atoms with Gasteiger partial charge in [0.1, 0.15) is 0 Å². The van der Waals surface area contributed by atoms with Crippen LogP contribution in [0.5, 0.6) is 0 Å². The number of nitrogens with zero attached hydrogens (tertiary/aromatic N) is 1. The molecule has 0 bridgehead atoms. The molecule has 1 aromatic rings. The lowest BCUT2D eigenvalue weighted by molar-refractivity contribution is -0.111. The third-order valence-corrected chi connectivity index (χ3v) is 5.54. The van der Waals surface area contributed by atoms with Crippen molar-refractivity contribution < 1.29 is 13.2 Å². The van der Waals surface area contributed by atoms with Gasteiger partial charge in [-0.1, -0.05) is 29.3 Å². The molecule has 0 heterocycles. The van der Waals surface area contributed by atoms with Gasteiger partial charge in [0.15, 0.2) is 5.78 Å². The smallest absolute Gasteiger partial charge is 0.282 e. The van der Waals surface area contributed by atoms with E-state index in [1.54, 1.807) is 18.2 Å². The molecule has 0 spiro atoms. The molecule has 5 heteroatoms. The number of hydrogen-bond acceptors (Lipinski definition) is 3. The summed E-state index contributed by atoms with van der Waals surface area (Å²) in [5.41, 5.74) is 4.10. The van der Waals surface area contributed by atoms with E-state index in [4.69, 9.17) is 0 Å². The average molecular weight is 327 g/mol. The van der Waals surface area contributed by atoms with Gasteiger partial charge in [0.05, 0.1) is 10.6 Å². The SMILES string of the molecule is CC1=C(C)CC2=C(C1)C(=O)C=C/C2=N/S(=O)(=O)c1ccccc1. The zero-order valence-electron chi connectivity index (χ0n) is 13.0. The minimum absolute atomic E-state index is 0.0529. The summed E-state index contributed by atoms with van der Waals surface area (Å²) in [5, 5.41) is 0. The average Bonchev–Trinajstić information content (AvgIpc) is 2.53. The Labute approximate surface area is 136 Å². The first kappa shape index (κ1) is 15.6. The number of carbonyl (C=O) groups is 1. The van der Waals surface area contributed by atoms with Gasteiger partial charge in [-0.3, -0.25) is 4.79 Å². The fourth-order valence-electron chi connectivity index (χ4n) is 2.74. The molecule has 2 aliphatic carbocycles. The van der Waals surface area contributed by atoms with Crippen molar-refractivity contribution in [3.05, 3.63) is 64.8 Å². The van der Waals surface area contributed by atoms with Crippen molar-refractivity contribution in [3.63, 3.8) is 0 Å². The van der Waals surface area contributed by atoms with Crippen LogP contribution in [0.4, 0.5) is 0 Å². The first-order valence-electron chi connectivity index (χ1n) is 7.38. The standard InChI is InChI=1S/C18H17NO3S/c1-12-10-15-16(11-13(12)2)18(20)9-8-17(15)19-23(21,22)14-6-4-3-5-7-14/h3-9H,10-11H2,1-2H3/b19-17-. The molecule has 1 aromatic carbocycles. The van der Waals surface area contributed by atoms with E-state index in [0.717, 1.165) is 16.7 Å². The van der Waals surface area contributed by atoms with Crippen LogP contribution >= 0.6 is 0 Å². The highest BCUT2D eigenvalue weighted by Crippen LogP contribution is 2.34. The molecule has 0 radical (unpaired) electrons. The molecular weight excluding hydrogens is 310 g/mol. The first-order chi connectivity index (χ1) is 10.9.